The van der Waals surface area contributed by atoms with E-state index in [2.05, 4.69) is 11.8 Å². The van der Waals surface area contributed by atoms with E-state index in [0.717, 1.165) is 18.4 Å². The zero-order chi connectivity index (χ0) is 15.6. The third-order valence-electron chi connectivity index (χ3n) is 4.05. The zero-order valence-electron chi connectivity index (χ0n) is 12.1. The van der Waals surface area contributed by atoms with Crippen molar-refractivity contribution in [2.24, 2.45) is 5.92 Å². The Kier molecular flexibility index (Phi) is 5.36. The SMILES string of the molecule is COc1cc(Cl)c(CN2CC(C(=O)O)CCC2C)cc1Cl. The van der Waals surface area contributed by atoms with Gasteiger partial charge in [0.1, 0.15) is 5.75 Å². The first kappa shape index (κ1) is 16.4. The monoisotopic (exact) mass is 331 g/mol. The molecule has 1 fully saturated rings. The predicted molar refractivity (Wildman–Crippen MR) is 83.2 cm³/mol. The fourth-order valence-electron chi connectivity index (χ4n) is 2.67. The molecule has 4 nitrogen and oxygen atoms in total. The first-order valence-electron chi connectivity index (χ1n) is 6.91. The number of aliphatic carboxylic acids is 1. The fraction of sp³-hybridized carbons (Fsp3) is 0.533. The average Bonchev–Trinajstić information content (AvgIpc) is 2.44. The van der Waals surface area contributed by atoms with Gasteiger partial charge in [-0.1, -0.05) is 23.2 Å². The zero-order valence-corrected chi connectivity index (χ0v) is 13.6. The molecular weight excluding hydrogens is 313 g/mol. The number of rotatable bonds is 4. The van der Waals surface area contributed by atoms with Crippen LogP contribution in [0.2, 0.25) is 10.0 Å². The Morgan fingerprint density at radius 1 is 1.38 bits per heavy atom. The second-order valence-electron chi connectivity index (χ2n) is 5.47. The van der Waals surface area contributed by atoms with Gasteiger partial charge in [-0.15, -0.1) is 0 Å². The van der Waals surface area contributed by atoms with E-state index in [4.69, 9.17) is 27.9 Å². The van der Waals surface area contributed by atoms with E-state index in [1.54, 1.807) is 19.2 Å². The molecule has 0 aromatic heterocycles. The van der Waals surface area contributed by atoms with Crippen molar-refractivity contribution in [1.82, 2.24) is 4.90 Å². The Labute approximate surface area is 134 Å². The number of likely N-dealkylation sites (tertiary alicyclic amines) is 1. The van der Waals surface area contributed by atoms with Crippen LogP contribution >= 0.6 is 23.2 Å². The average molecular weight is 332 g/mol. The minimum Gasteiger partial charge on any atom is -0.495 e. The molecule has 0 spiro atoms. The smallest absolute Gasteiger partial charge is 0.307 e. The van der Waals surface area contributed by atoms with Crippen LogP contribution in [0.3, 0.4) is 0 Å². The van der Waals surface area contributed by atoms with Gasteiger partial charge in [-0.05, 0) is 31.4 Å². The Hall–Kier alpha value is -0.970. The molecule has 0 saturated carbocycles. The number of piperidine rings is 1. The molecule has 0 amide bonds. The van der Waals surface area contributed by atoms with Crippen molar-refractivity contribution in [2.45, 2.75) is 32.4 Å². The van der Waals surface area contributed by atoms with Gasteiger partial charge >= 0.3 is 5.97 Å². The van der Waals surface area contributed by atoms with Crippen LogP contribution in [-0.2, 0) is 11.3 Å². The topological polar surface area (TPSA) is 49.8 Å². The molecule has 2 unspecified atom stereocenters. The number of carboxylic acids is 1. The van der Waals surface area contributed by atoms with E-state index in [9.17, 15) is 9.90 Å². The number of benzene rings is 1. The standard InChI is InChI=1S/C15H19Cl2NO3/c1-9-3-4-10(15(19)20)7-18(9)8-11-5-13(17)14(21-2)6-12(11)16/h5-6,9-10H,3-4,7-8H2,1-2H3,(H,19,20). The van der Waals surface area contributed by atoms with Gasteiger partial charge in [0.2, 0.25) is 0 Å². The Morgan fingerprint density at radius 2 is 2.10 bits per heavy atom. The highest BCUT2D eigenvalue weighted by atomic mass is 35.5. The van der Waals surface area contributed by atoms with E-state index in [1.165, 1.54) is 0 Å². The maximum Gasteiger partial charge on any atom is 0.307 e. The summed E-state index contributed by atoms with van der Waals surface area (Å²) in [7, 11) is 1.54. The van der Waals surface area contributed by atoms with Crippen LogP contribution in [0.4, 0.5) is 0 Å². The third kappa shape index (κ3) is 3.82. The predicted octanol–water partition coefficient (Wildman–Crippen LogP) is 3.69. The van der Waals surface area contributed by atoms with Crippen molar-refractivity contribution in [3.05, 3.63) is 27.7 Å². The molecule has 1 aliphatic heterocycles. The molecule has 1 saturated heterocycles. The maximum atomic E-state index is 11.2. The minimum atomic E-state index is -0.731. The van der Waals surface area contributed by atoms with Gasteiger partial charge in [0.15, 0.2) is 0 Å². The molecule has 6 heteroatoms. The highest BCUT2D eigenvalue weighted by Gasteiger charge is 2.30. The molecule has 1 aliphatic rings. The minimum absolute atomic E-state index is 0.311. The van der Waals surface area contributed by atoms with Crippen molar-refractivity contribution < 1.29 is 14.6 Å². The van der Waals surface area contributed by atoms with E-state index in [0.29, 0.717) is 34.9 Å². The molecule has 116 valence electrons. The summed E-state index contributed by atoms with van der Waals surface area (Å²) in [5, 5.41) is 10.3. The molecular formula is C15H19Cl2NO3. The summed E-state index contributed by atoms with van der Waals surface area (Å²) in [6.45, 7) is 3.24. The second kappa shape index (κ2) is 6.86. The Balaban J connectivity index is 2.16. The number of methoxy groups -OCH3 is 1. The van der Waals surface area contributed by atoms with Gasteiger partial charge in [-0.25, -0.2) is 0 Å². The highest BCUT2D eigenvalue weighted by molar-refractivity contribution is 6.34. The van der Waals surface area contributed by atoms with Gasteiger partial charge in [0.25, 0.3) is 0 Å². The number of hydrogen-bond donors (Lipinski definition) is 1. The second-order valence-corrected chi connectivity index (χ2v) is 6.28. The van der Waals surface area contributed by atoms with Crippen molar-refractivity contribution in [3.8, 4) is 5.75 Å². The lowest BCUT2D eigenvalue weighted by atomic mass is 9.93. The number of nitrogens with zero attached hydrogens (tertiary/aromatic N) is 1. The van der Waals surface area contributed by atoms with Gasteiger partial charge < -0.3 is 9.84 Å². The number of hydrogen-bond acceptors (Lipinski definition) is 3. The van der Waals surface area contributed by atoms with Crippen molar-refractivity contribution >= 4 is 29.2 Å². The Bertz CT molecular complexity index is 536. The normalized spacial score (nSPS) is 23.0. The lowest BCUT2D eigenvalue weighted by Gasteiger charge is -2.36. The summed E-state index contributed by atoms with van der Waals surface area (Å²) >= 11 is 12.4. The van der Waals surface area contributed by atoms with Gasteiger partial charge in [0, 0.05) is 30.2 Å². The number of carbonyl (C=O) groups is 1. The third-order valence-corrected chi connectivity index (χ3v) is 4.70. The van der Waals surface area contributed by atoms with Crippen molar-refractivity contribution in [2.75, 3.05) is 13.7 Å². The number of halogens is 2. The summed E-state index contributed by atoms with van der Waals surface area (Å²) in [6, 6.07) is 3.82. The number of ether oxygens (including phenoxy) is 1. The summed E-state index contributed by atoms with van der Waals surface area (Å²) in [4.78, 5) is 13.3. The molecule has 0 bridgehead atoms. The molecule has 21 heavy (non-hydrogen) atoms. The quantitative estimate of drug-likeness (QED) is 0.914. The molecule has 0 radical (unpaired) electrons. The van der Waals surface area contributed by atoms with E-state index >= 15 is 0 Å². The van der Waals surface area contributed by atoms with Crippen LogP contribution in [0.5, 0.6) is 5.75 Å². The maximum absolute atomic E-state index is 11.2. The van der Waals surface area contributed by atoms with Gasteiger partial charge in [-0.2, -0.15) is 0 Å². The van der Waals surface area contributed by atoms with E-state index in [1.807, 2.05) is 0 Å². The van der Waals surface area contributed by atoms with Crippen LogP contribution in [0, 0.1) is 5.92 Å². The first-order valence-corrected chi connectivity index (χ1v) is 7.66. The van der Waals surface area contributed by atoms with Gasteiger partial charge in [0.05, 0.1) is 18.1 Å². The molecule has 0 aliphatic carbocycles. The lowest BCUT2D eigenvalue weighted by molar-refractivity contribution is -0.144. The van der Waals surface area contributed by atoms with Crippen LogP contribution in [0.25, 0.3) is 0 Å². The van der Waals surface area contributed by atoms with Gasteiger partial charge in [-0.3, -0.25) is 9.69 Å². The largest absolute Gasteiger partial charge is 0.495 e. The molecule has 1 aromatic rings. The van der Waals surface area contributed by atoms with E-state index in [-0.39, 0.29) is 5.92 Å². The van der Waals surface area contributed by atoms with E-state index < -0.39 is 5.97 Å². The Morgan fingerprint density at radius 3 is 2.71 bits per heavy atom. The molecule has 1 heterocycles. The fourth-order valence-corrected chi connectivity index (χ4v) is 3.14. The van der Waals surface area contributed by atoms with Crippen LogP contribution < -0.4 is 4.74 Å². The van der Waals surface area contributed by atoms with Crippen LogP contribution in [0.15, 0.2) is 12.1 Å². The van der Waals surface area contributed by atoms with Crippen molar-refractivity contribution in [1.29, 1.82) is 0 Å². The summed E-state index contributed by atoms with van der Waals surface area (Å²) in [6.07, 6.45) is 1.60. The summed E-state index contributed by atoms with van der Waals surface area (Å²) in [5.74, 6) is -0.500. The highest BCUT2D eigenvalue weighted by Crippen LogP contribution is 2.33. The van der Waals surface area contributed by atoms with Crippen molar-refractivity contribution in [3.63, 3.8) is 0 Å². The number of carboxylic acid groups (broad SMARTS) is 1. The van der Waals surface area contributed by atoms with Crippen LogP contribution in [-0.4, -0.2) is 35.7 Å². The molecule has 2 rings (SSSR count). The molecule has 2 atom stereocenters. The first-order chi connectivity index (χ1) is 9.92. The summed E-state index contributed by atoms with van der Waals surface area (Å²) in [5.41, 5.74) is 0.889. The lowest BCUT2D eigenvalue weighted by Crippen LogP contribution is -2.43. The molecule has 1 N–H and O–H groups in total. The molecule has 1 aromatic carbocycles. The van der Waals surface area contributed by atoms with Crippen LogP contribution in [0.1, 0.15) is 25.3 Å². The summed E-state index contributed by atoms with van der Waals surface area (Å²) < 4.78 is 5.13.